The van der Waals surface area contributed by atoms with E-state index in [1.807, 2.05) is 24.8 Å². The van der Waals surface area contributed by atoms with Crippen LogP contribution in [-0.4, -0.2) is 84.9 Å². The van der Waals surface area contributed by atoms with Gasteiger partial charge in [-0.05, 0) is 43.5 Å². The molecule has 6 heterocycles. The van der Waals surface area contributed by atoms with Gasteiger partial charge in [0, 0.05) is 38.5 Å². The number of aromatic amines is 1. The summed E-state index contributed by atoms with van der Waals surface area (Å²) in [5.74, 6) is -1.08. The normalized spacial score (nSPS) is 20.8. The number of carbonyl (C=O) groups excluding carboxylic acids is 2. The van der Waals surface area contributed by atoms with Crippen LogP contribution < -0.4 is 20.8 Å². The summed E-state index contributed by atoms with van der Waals surface area (Å²) >= 11 is 6.19. The number of H-pyrrole nitrogens is 1. The molecule has 51 heavy (non-hydrogen) atoms. The second-order valence-corrected chi connectivity index (χ2v) is 13.4. The molecule has 14 nitrogen and oxygen atoms in total. The number of carbonyl (C=O) groups is 2. The average Bonchev–Trinajstić information content (AvgIpc) is 3.69. The molecule has 7 rings (SSSR count). The molecule has 0 saturated carbocycles. The van der Waals surface area contributed by atoms with Gasteiger partial charge in [-0.15, -0.1) is 5.10 Å². The van der Waals surface area contributed by atoms with Gasteiger partial charge in [-0.25, -0.2) is 4.98 Å². The summed E-state index contributed by atoms with van der Waals surface area (Å²) in [5.41, 5.74) is 0.576. The highest BCUT2D eigenvalue weighted by Crippen LogP contribution is 2.43. The van der Waals surface area contributed by atoms with E-state index < -0.39 is 41.2 Å². The zero-order valence-corrected chi connectivity index (χ0v) is 28.5. The molecule has 2 amide bonds. The van der Waals surface area contributed by atoms with Crippen LogP contribution in [0.2, 0.25) is 5.02 Å². The van der Waals surface area contributed by atoms with Crippen LogP contribution >= 0.6 is 11.6 Å². The topological polar surface area (TPSA) is 161 Å². The van der Waals surface area contributed by atoms with E-state index in [0.29, 0.717) is 42.5 Å². The largest absolute Gasteiger partial charge is 0.501 e. The molecule has 0 aliphatic carbocycles. The first-order chi connectivity index (χ1) is 24.2. The quantitative estimate of drug-likeness (QED) is 0.313. The van der Waals surface area contributed by atoms with Gasteiger partial charge in [0.1, 0.15) is 11.7 Å². The molecule has 268 valence electrons. The third-order valence-electron chi connectivity index (χ3n) is 9.63. The number of alkyl halides is 3. The summed E-state index contributed by atoms with van der Waals surface area (Å²) in [7, 11) is 0. The summed E-state index contributed by atoms with van der Waals surface area (Å²) in [6, 6.07) is 1.37. The number of piperazine rings is 1. The first-order valence-corrected chi connectivity index (χ1v) is 16.7. The summed E-state index contributed by atoms with van der Waals surface area (Å²) in [4.78, 5) is 56.8. The summed E-state index contributed by atoms with van der Waals surface area (Å²) in [6.07, 6.45) is -0.662. The fourth-order valence-corrected chi connectivity index (χ4v) is 7.26. The maximum absolute atomic E-state index is 14.4. The van der Waals surface area contributed by atoms with Crippen molar-refractivity contribution in [2.24, 2.45) is 0 Å². The smallest absolute Gasteiger partial charge is 0.416 e. The molecule has 18 heteroatoms. The number of hydrogen-bond donors (Lipinski definition) is 2. The van der Waals surface area contributed by atoms with Crippen molar-refractivity contribution in [1.29, 1.82) is 0 Å². The fraction of sp³-hybridized carbons (Fsp3) is 0.424. The second-order valence-electron chi connectivity index (χ2n) is 12.9. The predicted octanol–water partition coefficient (Wildman–Crippen LogP) is 3.63. The number of nitrogens with one attached hydrogen (secondary N) is 2. The van der Waals surface area contributed by atoms with E-state index in [0.717, 1.165) is 23.8 Å². The lowest BCUT2D eigenvalue weighted by Crippen LogP contribution is -2.56. The molecule has 0 unspecified atom stereocenters. The van der Waals surface area contributed by atoms with Gasteiger partial charge in [0.25, 0.3) is 17.8 Å². The molecule has 3 aromatic heterocycles. The van der Waals surface area contributed by atoms with E-state index in [2.05, 4.69) is 20.4 Å². The molecule has 1 fully saturated rings. The molecule has 0 radical (unpaired) electrons. The molecule has 3 atom stereocenters. The standard InChI is InChI=1S/C33H33ClF3N9O5/c1-16-12-23(29(48)40-22-5-4-20(13-21(22)34)33(35,36)37)45-25(16)26(31(50)46-32(45)41-28(42-46)19-6-10-51-11-7-19)43-8-9-44(17(2)14-43)30(49)24-27(47)18(3)38-15-39-24/h4-6,13,15-17,23,47H,7-12,14H2,1-3H3,(H,40,48)/p+1/t16-,17-,23-/m1/s1. The van der Waals surface area contributed by atoms with Gasteiger partial charge in [-0.2, -0.15) is 22.7 Å². The molecule has 0 spiro atoms. The number of aromatic nitrogens is 6. The SMILES string of the molecule is Cc1nc[nH+]c(C(=O)N2CCN(c3c4n(c5nc(C6=CCOCC6)nn5c3=O)[C@@H](C(=O)Nc3ccc(C(F)(F)F)cc3Cl)C[C@H]4C)C[C@H]2C)c1O. The Labute approximate surface area is 293 Å². The monoisotopic (exact) mass is 728 g/mol. The molecule has 3 N–H and O–H groups in total. The van der Waals surface area contributed by atoms with Crippen LogP contribution in [-0.2, 0) is 15.7 Å². The van der Waals surface area contributed by atoms with Crippen molar-refractivity contribution >= 4 is 46.1 Å². The minimum Gasteiger partial charge on any atom is -0.501 e. The molecular formula is C33H34ClF3N9O5+. The molecular weight excluding hydrogens is 695 g/mol. The van der Waals surface area contributed by atoms with Crippen molar-refractivity contribution in [3.63, 3.8) is 0 Å². The van der Waals surface area contributed by atoms with E-state index in [1.54, 1.807) is 16.4 Å². The first kappa shape index (κ1) is 34.4. The third kappa shape index (κ3) is 6.07. The second kappa shape index (κ2) is 12.9. The van der Waals surface area contributed by atoms with Crippen molar-refractivity contribution in [3.8, 4) is 5.75 Å². The zero-order valence-electron chi connectivity index (χ0n) is 27.8. The van der Waals surface area contributed by atoms with Crippen molar-refractivity contribution in [3.05, 3.63) is 74.4 Å². The molecule has 0 bridgehead atoms. The Morgan fingerprint density at radius 1 is 1.20 bits per heavy atom. The van der Waals surface area contributed by atoms with E-state index >= 15 is 0 Å². The Balaban J connectivity index is 1.28. The van der Waals surface area contributed by atoms with Crippen LogP contribution in [0.5, 0.6) is 5.75 Å². The first-order valence-electron chi connectivity index (χ1n) is 16.4. The van der Waals surface area contributed by atoms with E-state index in [4.69, 9.17) is 21.3 Å². The summed E-state index contributed by atoms with van der Waals surface area (Å²) < 4.78 is 48.1. The van der Waals surface area contributed by atoms with E-state index in [9.17, 15) is 32.7 Å². The number of nitrogens with zero attached hydrogens (tertiary/aromatic N) is 7. The van der Waals surface area contributed by atoms with Crippen molar-refractivity contribution in [1.82, 2.24) is 29.0 Å². The van der Waals surface area contributed by atoms with Gasteiger partial charge in [0.15, 0.2) is 11.5 Å². The van der Waals surface area contributed by atoms with Gasteiger partial charge in [-0.3, -0.25) is 19.0 Å². The third-order valence-corrected chi connectivity index (χ3v) is 9.94. The highest BCUT2D eigenvalue weighted by atomic mass is 35.5. The Hall–Kier alpha value is -5.03. The van der Waals surface area contributed by atoms with Crippen LogP contribution in [0.25, 0.3) is 11.4 Å². The van der Waals surface area contributed by atoms with Crippen LogP contribution in [0.1, 0.15) is 71.9 Å². The molecule has 1 aromatic carbocycles. The van der Waals surface area contributed by atoms with Gasteiger partial charge >= 0.3 is 6.18 Å². The van der Waals surface area contributed by atoms with E-state index in [1.165, 1.54) is 10.8 Å². The van der Waals surface area contributed by atoms with Gasteiger partial charge < -0.3 is 25.0 Å². The van der Waals surface area contributed by atoms with Gasteiger partial charge in [0.05, 0.1) is 35.2 Å². The van der Waals surface area contributed by atoms with Crippen molar-refractivity contribution in [2.45, 2.75) is 57.8 Å². The Morgan fingerprint density at radius 2 is 1.98 bits per heavy atom. The lowest BCUT2D eigenvalue weighted by Gasteiger charge is -2.41. The number of anilines is 2. The van der Waals surface area contributed by atoms with E-state index in [-0.39, 0.29) is 59.9 Å². The van der Waals surface area contributed by atoms with Gasteiger partial charge in [0.2, 0.25) is 23.1 Å². The number of ether oxygens (including phenoxy) is 1. The number of aromatic hydroxyl groups is 1. The molecule has 3 aliphatic rings. The Kier molecular flexibility index (Phi) is 8.73. The highest BCUT2D eigenvalue weighted by molar-refractivity contribution is 6.33. The molecule has 4 aromatic rings. The summed E-state index contributed by atoms with van der Waals surface area (Å²) in [5, 5.41) is 17.5. The number of rotatable bonds is 5. The number of benzene rings is 1. The van der Waals surface area contributed by atoms with Crippen LogP contribution in [0.4, 0.5) is 24.5 Å². The van der Waals surface area contributed by atoms with Crippen LogP contribution in [0, 0.1) is 6.92 Å². The average molecular weight is 729 g/mol. The van der Waals surface area contributed by atoms with Crippen LogP contribution in [0.3, 0.4) is 0 Å². The maximum atomic E-state index is 14.4. The molecule has 1 saturated heterocycles. The van der Waals surface area contributed by atoms with Gasteiger partial charge in [-0.1, -0.05) is 29.6 Å². The van der Waals surface area contributed by atoms with Crippen LogP contribution in [0.15, 0.2) is 35.4 Å². The summed E-state index contributed by atoms with van der Waals surface area (Å²) in [6.45, 7) is 6.84. The minimum absolute atomic E-state index is 0.00450. The number of halogens is 4. The zero-order chi connectivity index (χ0) is 36.4. The predicted molar refractivity (Wildman–Crippen MR) is 178 cm³/mol. The maximum Gasteiger partial charge on any atom is 0.416 e. The Morgan fingerprint density at radius 3 is 2.67 bits per heavy atom. The minimum atomic E-state index is -4.61. The number of aryl methyl sites for hydroxylation is 1. The van der Waals surface area contributed by atoms with Crippen molar-refractivity contribution < 1.29 is 37.6 Å². The lowest BCUT2D eigenvalue weighted by molar-refractivity contribution is -0.388. The number of hydrogen-bond acceptors (Lipinski definition) is 9. The lowest BCUT2D eigenvalue weighted by atomic mass is 10.0. The van der Waals surface area contributed by atoms with Crippen molar-refractivity contribution in [2.75, 3.05) is 43.1 Å². The highest BCUT2D eigenvalue weighted by Gasteiger charge is 2.42. The Bertz CT molecular complexity index is 2170. The number of fused-ring (bicyclic) bond motifs is 3. The fourth-order valence-electron chi connectivity index (χ4n) is 7.03. The number of amides is 2. The molecule has 3 aliphatic heterocycles.